The quantitative estimate of drug-likeness (QED) is 0.641. The van der Waals surface area contributed by atoms with Crippen molar-refractivity contribution >= 4 is 15.5 Å². The molecule has 0 aliphatic rings. The minimum absolute atomic E-state index is 0.0599. The summed E-state index contributed by atoms with van der Waals surface area (Å²) in [6, 6.07) is 5.47. The second-order valence-electron chi connectivity index (χ2n) is 4.94. The molecule has 0 aliphatic heterocycles. The summed E-state index contributed by atoms with van der Waals surface area (Å²) in [7, 11) is -3.32. The van der Waals surface area contributed by atoms with Crippen molar-refractivity contribution < 1.29 is 13.3 Å². The van der Waals surface area contributed by atoms with Crippen molar-refractivity contribution in [3.8, 4) is 0 Å². The fourth-order valence-electron chi connectivity index (χ4n) is 1.59. The van der Waals surface area contributed by atoms with Crippen LogP contribution in [0.3, 0.4) is 0 Å². The number of hydrogen-bond donors (Lipinski definition) is 1. The maximum atomic E-state index is 11.8. The van der Waals surface area contributed by atoms with Gasteiger partial charge < -0.3 is 5.73 Å². The van der Waals surface area contributed by atoms with E-state index in [4.69, 9.17) is 5.73 Å². The predicted octanol–water partition coefficient (Wildman–Crippen LogP) is 1.25. The molecule has 0 radical (unpaired) electrons. The van der Waals surface area contributed by atoms with Crippen LogP contribution in [0.25, 0.3) is 0 Å². The molecular weight excluding hydrogens is 256 g/mol. The summed E-state index contributed by atoms with van der Waals surface area (Å²) in [6.45, 7) is 3.28. The molecule has 0 bridgehead atoms. The van der Waals surface area contributed by atoms with Gasteiger partial charge in [0.15, 0.2) is 9.84 Å². The van der Waals surface area contributed by atoms with Crippen LogP contribution in [0.5, 0.6) is 0 Å². The fraction of sp³-hybridized carbons (Fsp3) is 0.455. The van der Waals surface area contributed by atoms with Gasteiger partial charge in [-0.2, -0.15) is 0 Å². The highest BCUT2D eigenvalue weighted by atomic mass is 32.2. The standard InChI is InChI=1S/C11H16N2O4S/c1-11(2,12)8-18(16,17)7-9-3-5-10(6-4-9)13(14)15/h3-6H,7-8,12H2,1-2H3. The van der Waals surface area contributed by atoms with Crippen molar-refractivity contribution in [3.05, 3.63) is 39.9 Å². The van der Waals surface area contributed by atoms with Crippen LogP contribution in [0, 0.1) is 10.1 Å². The van der Waals surface area contributed by atoms with Crippen LogP contribution in [0.2, 0.25) is 0 Å². The zero-order valence-corrected chi connectivity index (χ0v) is 11.1. The highest BCUT2D eigenvalue weighted by Gasteiger charge is 2.22. The second-order valence-corrected chi connectivity index (χ2v) is 7.01. The third-order valence-corrected chi connectivity index (χ3v) is 4.08. The van der Waals surface area contributed by atoms with Gasteiger partial charge in [0.1, 0.15) is 0 Å². The average Bonchev–Trinajstić information content (AvgIpc) is 2.13. The molecule has 0 amide bonds. The van der Waals surface area contributed by atoms with Crippen LogP contribution >= 0.6 is 0 Å². The van der Waals surface area contributed by atoms with Gasteiger partial charge in [0.05, 0.1) is 16.4 Å². The third-order valence-electron chi connectivity index (χ3n) is 2.13. The van der Waals surface area contributed by atoms with Crippen molar-refractivity contribution in [2.24, 2.45) is 5.73 Å². The van der Waals surface area contributed by atoms with Gasteiger partial charge in [-0.1, -0.05) is 12.1 Å². The van der Waals surface area contributed by atoms with Crippen LogP contribution in [0.4, 0.5) is 5.69 Å². The lowest BCUT2D eigenvalue weighted by molar-refractivity contribution is -0.384. The first-order chi connectivity index (χ1) is 8.09. The summed E-state index contributed by atoms with van der Waals surface area (Å²) in [5, 5.41) is 10.5. The molecule has 18 heavy (non-hydrogen) atoms. The molecule has 0 unspecified atom stereocenters. The van der Waals surface area contributed by atoms with Gasteiger partial charge in [-0.3, -0.25) is 10.1 Å². The van der Waals surface area contributed by atoms with Crippen molar-refractivity contribution in [2.45, 2.75) is 25.1 Å². The number of nitro benzene ring substituents is 1. The lowest BCUT2D eigenvalue weighted by Crippen LogP contribution is -2.40. The van der Waals surface area contributed by atoms with E-state index in [0.29, 0.717) is 5.56 Å². The SMILES string of the molecule is CC(C)(N)CS(=O)(=O)Cc1ccc([N+](=O)[O-])cc1. The van der Waals surface area contributed by atoms with E-state index >= 15 is 0 Å². The van der Waals surface area contributed by atoms with E-state index in [1.54, 1.807) is 13.8 Å². The molecule has 0 spiro atoms. The number of hydrogen-bond acceptors (Lipinski definition) is 5. The van der Waals surface area contributed by atoms with Crippen molar-refractivity contribution in [1.29, 1.82) is 0 Å². The number of rotatable bonds is 5. The molecule has 1 aromatic carbocycles. The molecule has 1 rings (SSSR count). The second kappa shape index (κ2) is 5.03. The summed E-state index contributed by atoms with van der Waals surface area (Å²) in [5.74, 6) is -0.289. The van der Waals surface area contributed by atoms with Gasteiger partial charge in [-0.15, -0.1) is 0 Å². The first-order valence-electron chi connectivity index (χ1n) is 5.32. The Morgan fingerprint density at radius 3 is 2.17 bits per heavy atom. The van der Waals surface area contributed by atoms with E-state index in [9.17, 15) is 18.5 Å². The van der Waals surface area contributed by atoms with Crippen molar-refractivity contribution in [3.63, 3.8) is 0 Å². The molecule has 0 aliphatic carbocycles. The van der Waals surface area contributed by atoms with Gasteiger partial charge >= 0.3 is 0 Å². The van der Waals surface area contributed by atoms with Gasteiger partial charge in [0.2, 0.25) is 0 Å². The van der Waals surface area contributed by atoms with E-state index in [1.165, 1.54) is 24.3 Å². The Balaban J connectivity index is 2.82. The lowest BCUT2D eigenvalue weighted by Gasteiger charge is -2.18. The molecule has 0 aromatic heterocycles. The summed E-state index contributed by atoms with van der Waals surface area (Å²) >= 11 is 0. The van der Waals surface area contributed by atoms with E-state index in [2.05, 4.69) is 0 Å². The molecule has 0 heterocycles. The lowest BCUT2D eigenvalue weighted by atomic mass is 10.1. The Bertz CT molecular complexity index is 529. The minimum Gasteiger partial charge on any atom is -0.325 e. The minimum atomic E-state index is -3.32. The van der Waals surface area contributed by atoms with E-state index in [0.717, 1.165) is 0 Å². The number of nitrogens with two attached hydrogens (primary N) is 1. The van der Waals surface area contributed by atoms with Crippen LogP contribution in [0.1, 0.15) is 19.4 Å². The van der Waals surface area contributed by atoms with Gasteiger partial charge in [-0.05, 0) is 19.4 Å². The molecule has 1 aromatic rings. The molecule has 0 fully saturated rings. The topological polar surface area (TPSA) is 103 Å². The molecule has 0 saturated heterocycles. The number of sulfone groups is 1. The summed E-state index contributed by atoms with van der Waals surface area (Å²) in [4.78, 5) is 9.93. The predicted molar refractivity (Wildman–Crippen MR) is 68.9 cm³/mol. The van der Waals surface area contributed by atoms with Gasteiger partial charge in [-0.25, -0.2) is 8.42 Å². The monoisotopic (exact) mass is 272 g/mol. The summed E-state index contributed by atoms with van der Waals surface area (Å²) in [6.07, 6.45) is 0. The van der Waals surface area contributed by atoms with Crippen LogP contribution in [-0.2, 0) is 15.6 Å². The summed E-state index contributed by atoms with van der Waals surface area (Å²) in [5.41, 5.74) is 5.34. The maximum Gasteiger partial charge on any atom is 0.269 e. The fourth-order valence-corrected chi connectivity index (χ4v) is 3.52. The molecule has 0 saturated carbocycles. The molecule has 6 nitrogen and oxygen atoms in total. The van der Waals surface area contributed by atoms with E-state index in [-0.39, 0.29) is 17.2 Å². The van der Waals surface area contributed by atoms with Crippen LogP contribution in [-0.4, -0.2) is 24.6 Å². The van der Waals surface area contributed by atoms with Gasteiger partial charge in [0, 0.05) is 17.7 Å². The van der Waals surface area contributed by atoms with E-state index in [1.807, 2.05) is 0 Å². The Labute approximate surface area is 106 Å². The highest BCUT2D eigenvalue weighted by Crippen LogP contribution is 2.15. The average molecular weight is 272 g/mol. The Morgan fingerprint density at radius 2 is 1.78 bits per heavy atom. The zero-order chi connectivity index (χ0) is 14.0. The molecule has 0 atom stereocenters. The third kappa shape index (κ3) is 4.80. The smallest absolute Gasteiger partial charge is 0.269 e. The molecule has 7 heteroatoms. The number of non-ortho nitro benzene ring substituents is 1. The molecule has 100 valence electrons. The molecular formula is C11H16N2O4S. The highest BCUT2D eigenvalue weighted by molar-refractivity contribution is 7.90. The number of nitrogens with zero attached hydrogens (tertiary/aromatic N) is 1. The Hall–Kier alpha value is -1.47. The largest absolute Gasteiger partial charge is 0.325 e. The van der Waals surface area contributed by atoms with Crippen molar-refractivity contribution in [1.82, 2.24) is 0 Å². The van der Waals surface area contributed by atoms with Crippen molar-refractivity contribution in [2.75, 3.05) is 5.75 Å². The zero-order valence-electron chi connectivity index (χ0n) is 10.3. The molecule has 2 N–H and O–H groups in total. The van der Waals surface area contributed by atoms with Gasteiger partial charge in [0.25, 0.3) is 5.69 Å². The Kier molecular flexibility index (Phi) is 4.08. The summed E-state index contributed by atoms with van der Waals surface area (Å²) < 4.78 is 23.6. The van der Waals surface area contributed by atoms with Crippen LogP contribution < -0.4 is 5.73 Å². The van der Waals surface area contributed by atoms with Crippen LogP contribution in [0.15, 0.2) is 24.3 Å². The Morgan fingerprint density at radius 1 is 1.28 bits per heavy atom. The first-order valence-corrected chi connectivity index (χ1v) is 7.14. The van der Waals surface area contributed by atoms with E-state index < -0.39 is 20.3 Å². The number of nitro groups is 1. The normalized spacial score (nSPS) is 12.4. The number of benzene rings is 1. The first kappa shape index (κ1) is 14.6. The maximum absolute atomic E-state index is 11.8.